The van der Waals surface area contributed by atoms with Gasteiger partial charge in [-0.3, -0.25) is 9.59 Å². The molecule has 0 aromatic rings. The van der Waals surface area contributed by atoms with Crippen LogP contribution in [0.1, 0.15) is 181 Å². The van der Waals surface area contributed by atoms with Gasteiger partial charge in [-0.15, -0.1) is 0 Å². The number of rotatable bonds is 30. The lowest BCUT2D eigenvalue weighted by Gasteiger charge is -2.15. The maximum Gasteiger partial charge on any atom is 0.306 e. The van der Waals surface area contributed by atoms with E-state index in [1.807, 2.05) is 0 Å². The number of carbonyl (C=O) groups excluding carboxylic acids is 2. The summed E-state index contributed by atoms with van der Waals surface area (Å²) in [5, 5.41) is 9.49. The zero-order valence-electron chi connectivity index (χ0n) is 26.3. The number of carbonyl (C=O) groups is 2. The highest BCUT2D eigenvalue weighted by Crippen LogP contribution is 2.15. The Hall–Kier alpha value is -1.10. The average Bonchev–Trinajstić information content (AvgIpc) is 2.92. The first-order valence-corrected chi connectivity index (χ1v) is 17.0. The quantitative estimate of drug-likeness (QED) is 0.0706. The molecule has 0 radical (unpaired) electrons. The number of esters is 2. The van der Waals surface area contributed by atoms with Crippen LogP contribution < -0.4 is 0 Å². The van der Waals surface area contributed by atoms with Crippen molar-refractivity contribution in [1.82, 2.24) is 0 Å². The van der Waals surface area contributed by atoms with Gasteiger partial charge < -0.3 is 14.6 Å². The maximum atomic E-state index is 12.1. The Morgan fingerprint density at radius 2 is 0.949 bits per heavy atom. The molecule has 0 rings (SSSR count). The van der Waals surface area contributed by atoms with Crippen molar-refractivity contribution in [3.8, 4) is 0 Å². The van der Waals surface area contributed by atoms with Crippen molar-refractivity contribution in [3.63, 3.8) is 0 Å². The van der Waals surface area contributed by atoms with Gasteiger partial charge in [0.05, 0.1) is 6.61 Å². The molecule has 0 amide bonds. The monoisotopic (exact) mass is 554 g/mol. The molecule has 0 spiro atoms. The predicted octanol–water partition coefficient (Wildman–Crippen LogP) is 9.86. The molecule has 1 N–H and O–H groups in total. The van der Waals surface area contributed by atoms with E-state index in [0.29, 0.717) is 12.8 Å². The van der Waals surface area contributed by atoms with Crippen LogP contribution in [0.2, 0.25) is 0 Å². The third-order valence-corrected chi connectivity index (χ3v) is 7.58. The Kier molecular flexibility index (Phi) is 29.0. The van der Waals surface area contributed by atoms with E-state index in [-0.39, 0.29) is 25.2 Å². The standard InChI is InChI=1S/C34H66O5/c1-4-5-6-7-8-9-11-16-19-22-25-28-34(37)39-32(29-35)30-38-33(36)27-24-21-18-15-13-10-12-14-17-20-23-26-31(2)3/h31-32,35H,4-30H2,1-3H3/t32-/m0/s1. The Morgan fingerprint density at radius 3 is 1.36 bits per heavy atom. The van der Waals surface area contributed by atoms with Crippen molar-refractivity contribution in [3.05, 3.63) is 0 Å². The molecule has 0 saturated heterocycles. The minimum atomic E-state index is -0.760. The molecule has 0 aliphatic heterocycles. The highest BCUT2D eigenvalue weighted by atomic mass is 16.6. The van der Waals surface area contributed by atoms with E-state index in [0.717, 1.165) is 44.4 Å². The average molecular weight is 555 g/mol. The molecule has 0 unspecified atom stereocenters. The predicted molar refractivity (Wildman–Crippen MR) is 164 cm³/mol. The van der Waals surface area contributed by atoms with Gasteiger partial charge in [-0.2, -0.15) is 0 Å². The Morgan fingerprint density at radius 1 is 0.564 bits per heavy atom. The molecule has 0 aromatic heterocycles. The number of hydrogen-bond donors (Lipinski definition) is 1. The summed E-state index contributed by atoms with van der Waals surface area (Å²) in [4.78, 5) is 24.1. The molecular weight excluding hydrogens is 488 g/mol. The summed E-state index contributed by atoms with van der Waals surface area (Å²) in [6.45, 7) is 6.47. The fourth-order valence-electron chi connectivity index (χ4n) is 4.97. The van der Waals surface area contributed by atoms with Gasteiger partial charge in [0.1, 0.15) is 6.61 Å². The van der Waals surface area contributed by atoms with E-state index in [1.165, 1.54) is 109 Å². The highest BCUT2D eigenvalue weighted by molar-refractivity contribution is 5.70. The summed E-state index contributed by atoms with van der Waals surface area (Å²) in [7, 11) is 0. The van der Waals surface area contributed by atoms with Crippen molar-refractivity contribution in [2.75, 3.05) is 13.2 Å². The Balaban J connectivity index is 3.54. The summed E-state index contributed by atoms with van der Waals surface area (Å²) < 4.78 is 10.5. The summed E-state index contributed by atoms with van der Waals surface area (Å²) in [5.41, 5.74) is 0. The molecule has 5 heteroatoms. The van der Waals surface area contributed by atoms with Crippen molar-refractivity contribution in [2.24, 2.45) is 5.92 Å². The third kappa shape index (κ3) is 29.7. The van der Waals surface area contributed by atoms with Crippen molar-refractivity contribution >= 4 is 11.9 Å². The molecule has 0 aliphatic carbocycles. The zero-order chi connectivity index (χ0) is 28.8. The molecule has 0 fully saturated rings. The van der Waals surface area contributed by atoms with E-state index in [2.05, 4.69) is 20.8 Å². The first-order valence-electron chi connectivity index (χ1n) is 17.0. The second-order valence-corrected chi connectivity index (χ2v) is 12.1. The summed E-state index contributed by atoms with van der Waals surface area (Å²) in [6.07, 6.45) is 28.7. The second-order valence-electron chi connectivity index (χ2n) is 12.1. The molecule has 5 nitrogen and oxygen atoms in total. The van der Waals surface area contributed by atoms with Crippen molar-refractivity contribution < 1.29 is 24.2 Å². The molecule has 0 bridgehead atoms. The first kappa shape index (κ1) is 37.9. The zero-order valence-corrected chi connectivity index (χ0v) is 26.3. The van der Waals surface area contributed by atoms with Crippen molar-refractivity contribution in [2.45, 2.75) is 187 Å². The molecule has 0 saturated carbocycles. The number of aliphatic hydroxyl groups is 1. The Bertz CT molecular complexity index is 534. The summed E-state index contributed by atoms with van der Waals surface area (Å²) >= 11 is 0. The van der Waals surface area contributed by atoms with Gasteiger partial charge in [-0.05, 0) is 18.8 Å². The molecule has 0 heterocycles. The molecule has 0 aliphatic rings. The fraction of sp³-hybridized carbons (Fsp3) is 0.941. The Labute approximate surface area is 242 Å². The van der Waals surface area contributed by atoms with E-state index >= 15 is 0 Å². The number of aliphatic hydroxyl groups excluding tert-OH is 1. The lowest BCUT2D eigenvalue weighted by atomic mass is 10.0. The molecule has 232 valence electrons. The molecule has 1 atom stereocenters. The van der Waals surface area contributed by atoms with Gasteiger partial charge in [-0.1, -0.05) is 156 Å². The molecular formula is C34H66O5. The van der Waals surface area contributed by atoms with Gasteiger partial charge in [0.2, 0.25) is 0 Å². The molecule has 0 aromatic carbocycles. The van der Waals surface area contributed by atoms with Crippen LogP contribution in [-0.4, -0.2) is 36.4 Å². The van der Waals surface area contributed by atoms with Crippen LogP contribution in [0, 0.1) is 5.92 Å². The van der Waals surface area contributed by atoms with E-state index < -0.39 is 6.10 Å². The van der Waals surface area contributed by atoms with Crippen LogP contribution in [0.25, 0.3) is 0 Å². The third-order valence-electron chi connectivity index (χ3n) is 7.58. The van der Waals surface area contributed by atoms with Gasteiger partial charge in [0, 0.05) is 12.8 Å². The van der Waals surface area contributed by atoms with Crippen LogP contribution >= 0.6 is 0 Å². The highest BCUT2D eigenvalue weighted by Gasteiger charge is 2.16. The van der Waals surface area contributed by atoms with Crippen LogP contribution in [0.15, 0.2) is 0 Å². The first-order chi connectivity index (χ1) is 19.0. The fourth-order valence-corrected chi connectivity index (χ4v) is 4.97. The van der Waals surface area contributed by atoms with Gasteiger partial charge in [-0.25, -0.2) is 0 Å². The van der Waals surface area contributed by atoms with Crippen LogP contribution in [-0.2, 0) is 19.1 Å². The number of hydrogen-bond acceptors (Lipinski definition) is 5. The lowest BCUT2D eigenvalue weighted by Crippen LogP contribution is -2.28. The SMILES string of the molecule is CCCCCCCCCCCCCC(=O)O[C@@H](CO)COC(=O)CCCCCCCCCCCCCC(C)C. The van der Waals surface area contributed by atoms with Crippen LogP contribution in [0.4, 0.5) is 0 Å². The van der Waals surface area contributed by atoms with Crippen LogP contribution in [0.3, 0.4) is 0 Å². The minimum Gasteiger partial charge on any atom is -0.462 e. The summed E-state index contributed by atoms with van der Waals surface area (Å²) in [5.74, 6) is 0.252. The van der Waals surface area contributed by atoms with Crippen molar-refractivity contribution in [1.29, 1.82) is 0 Å². The summed E-state index contributed by atoms with van der Waals surface area (Å²) in [6, 6.07) is 0. The number of ether oxygens (including phenoxy) is 2. The molecule has 39 heavy (non-hydrogen) atoms. The minimum absolute atomic E-state index is 0.0587. The van der Waals surface area contributed by atoms with Gasteiger partial charge in [0.25, 0.3) is 0 Å². The topological polar surface area (TPSA) is 72.8 Å². The largest absolute Gasteiger partial charge is 0.462 e. The maximum absolute atomic E-state index is 12.1. The normalized spacial score (nSPS) is 12.1. The smallest absolute Gasteiger partial charge is 0.306 e. The second kappa shape index (κ2) is 29.9. The van der Waals surface area contributed by atoms with E-state index in [1.54, 1.807) is 0 Å². The van der Waals surface area contributed by atoms with Gasteiger partial charge >= 0.3 is 11.9 Å². The van der Waals surface area contributed by atoms with Gasteiger partial charge in [0.15, 0.2) is 6.10 Å². The van der Waals surface area contributed by atoms with E-state index in [9.17, 15) is 14.7 Å². The number of unbranched alkanes of at least 4 members (excludes halogenated alkanes) is 20. The van der Waals surface area contributed by atoms with Crippen LogP contribution in [0.5, 0.6) is 0 Å². The van der Waals surface area contributed by atoms with E-state index in [4.69, 9.17) is 9.47 Å². The lowest BCUT2D eigenvalue weighted by molar-refractivity contribution is -0.161.